The molecule has 8 heteroatoms. The van der Waals surface area contributed by atoms with Crippen LogP contribution in [0.25, 0.3) is 11.0 Å². The summed E-state index contributed by atoms with van der Waals surface area (Å²) < 4.78 is 1.85. The average Bonchev–Trinajstić information content (AvgIpc) is 2.90. The Balaban J connectivity index is 1.78. The third-order valence-corrected chi connectivity index (χ3v) is 4.51. The molecule has 1 fully saturated rings. The highest BCUT2D eigenvalue weighted by Crippen LogP contribution is 2.27. The lowest BCUT2D eigenvalue weighted by atomic mass is 10.2. The Bertz CT molecular complexity index is 911. The van der Waals surface area contributed by atoms with Crippen molar-refractivity contribution < 1.29 is 0 Å². The molecule has 0 amide bonds. The van der Waals surface area contributed by atoms with E-state index in [1.54, 1.807) is 0 Å². The van der Waals surface area contributed by atoms with Crippen molar-refractivity contribution in [2.24, 2.45) is 7.05 Å². The molecule has 0 radical (unpaired) electrons. The molecule has 8 nitrogen and oxygen atoms in total. The Hall–Kier alpha value is -2.74. The van der Waals surface area contributed by atoms with Crippen molar-refractivity contribution in [3.05, 3.63) is 29.6 Å². The van der Waals surface area contributed by atoms with Gasteiger partial charge in [-0.15, -0.1) is 0 Å². The van der Waals surface area contributed by atoms with E-state index in [2.05, 4.69) is 33.0 Å². The molecule has 4 rings (SSSR count). The van der Waals surface area contributed by atoms with Crippen LogP contribution in [0.15, 0.2) is 18.3 Å². The van der Waals surface area contributed by atoms with E-state index in [-0.39, 0.29) is 0 Å². The fraction of sp³-hybridized carbons (Fsp3) is 0.444. The molecule has 1 aliphatic heterocycles. The van der Waals surface area contributed by atoms with Gasteiger partial charge in [0.1, 0.15) is 16.9 Å². The lowest BCUT2D eigenvalue weighted by Gasteiger charge is -2.28. The number of rotatable bonds is 6. The van der Waals surface area contributed by atoms with Crippen LogP contribution >= 0.6 is 0 Å². The van der Waals surface area contributed by atoms with E-state index in [4.69, 9.17) is 9.97 Å². The summed E-state index contributed by atoms with van der Waals surface area (Å²) in [6.45, 7) is 6.03. The zero-order valence-electron chi connectivity index (χ0n) is 15.4. The zero-order valence-corrected chi connectivity index (χ0v) is 15.4. The fourth-order valence-electron chi connectivity index (χ4n) is 3.03. The van der Waals surface area contributed by atoms with Gasteiger partial charge in [-0.2, -0.15) is 10.1 Å². The van der Waals surface area contributed by atoms with Gasteiger partial charge >= 0.3 is 0 Å². The van der Waals surface area contributed by atoms with Crippen LogP contribution in [-0.4, -0.2) is 43.9 Å². The maximum atomic E-state index is 4.76. The van der Waals surface area contributed by atoms with Crippen molar-refractivity contribution in [2.75, 3.05) is 23.7 Å². The van der Waals surface area contributed by atoms with Crippen molar-refractivity contribution >= 4 is 28.6 Å². The fourth-order valence-corrected chi connectivity index (χ4v) is 3.03. The molecule has 0 unspecified atom stereocenters. The number of nitrogens with zero attached hydrogens (tertiary/aromatic N) is 5. The number of aromatic nitrogens is 5. The number of aryl methyl sites for hydroxylation is 3. The largest absolute Gasteiger partial charge is 0.349 e. The number of anilines is 3. The van der Waals surface area contributed by atoms with Crippen molar-refractivity contribution in [3.8, 4) is 0 Å². The third-order valence-electron chi connectivity index (χ3n) is 4.51. The van der Waals surface area contributed by atoms with E-state index in [9.17, 15) is 0 Å². The predicted octanol–water partition coefficient (Wildman–Crippen LogP) is 2.15. The normalized spacial score (nSPS) is 14.4. The van der Waals surface area contributed by atoms with Gasteiger partial charge in [0.25, 0.3) is 0 Å². The van der Waals surface area contributed by atoms with Crippen LogP contribution in [0.4, 0.5) is 17.6 Å². The molecular weight excluding hydrogens is 328 g/mol. The molecule has 3 aromatic heterocycles. The second-order valence-corrected chi connectivity index (χ2v) is 6.76. The van der Waals surface area contributed by atoms with Gasteiger partial charge < -0.3 is 16.0 Å². The Morgan fingerprint density at radius 1 is 1.27 bits per heavy atom. The summed E-state index contributed by atoms with van der Waals surface area (Å²) in [7, 11) is 1.93. The first-order valence-corrected chi connectivity index (χ1v) is 9.04. The smallest absolute Gasteiger partial charge is 0.225 e. The molecule has 0 bridgehead atoms. The number of hydrogen-bond donors (Lipinski definition) is 3. The third kappa shape index (κ3) is 3.20. The molecule has 0 aliphatic carbocycles. The summed E-state index contributed by atoms with van der Waals surface area (Å²) in [5.41, 5.74) is 3.91. The summed E-state index contributed by atoms with van der Waals surface area (Å²) in [6.07, 6.45) is 3.75. The summed E-state index contributed by atoms with van der Waals surface area (Å²) in [5.74, 6) is 2.10. The van der Waals surface area contributed by atoms with Gasteiger partial charge in [-0.3, -0.25) is 4.68 Å². The van der Waals surface area contributed by atoms with E-state index in [1.165, 1.54) is 0 Å². The average molecular weight is 352 g/mol. The molecule has 4 heterocycles. The SMILES string of the molecule is CCCc1nn(C)c2c(Nc3ccc(C)cn3)nc(NC3CNC3)nc12. The molecule has 26 heavy (non-hydrogen) atoms. The molecule has 0 atom stereocenters. The van der Waals surface area contributed by atoms with Crippen LogP contribution in [-0.2, 0) is 13.5 Å². The van der Waals surface area contributed by atoms with E-state index in [0.29, 0.717) is 12.0 Å². The predicted molar refractivity (Wildman–Crippen MR) is 103 cm³/mol. The van der Waals surface area contributed by atoms with Gasteiger partial charge in [0.05, 0.1) is 11.7 Å². The summed E-state index contributed by atoms with van der Waals surface area (Å²) in [5, 5.41) is 14.7. The second-order valence-electron chi connectivity index (χ2n) is 6.76. The Morgan fingerprint density at radius 2 is 2.12 bits per heavy atom. The van der Waals surface area contributed by atoms with Crippen LogP contribution in [0.3, 0.4) is 0 Å². The molecule has 3 aromatic rings. The van der Waals surface area contributed by atoms with Gasteiger partial charge in [-0.1, -0.05) is 19.4 Å². The molecule has 1 saturated heterocycles. The molecule has 0 saturated carbocycles. The Labute approximate surface area is 152 Å². The minimum Gasteiger partial charge on any atom is -0.349 e. The van der Waals surface area contributed by atoms with E-state index in [0.717, 1.165) is 59.9 Å². The molecule has 1 aliphatic rings. The minimum absolute atomic E-state index is 0.365. The lowest BCUT2D eigenvalue weighted by Crippen LogP contribution is -2.51. The maximum absolute atomic E-state index is 4.76. The first-order valence-electron chi connectivity index (χ1n) is 9.04. The minimum atomic E-state index is 0.365. The van der Waals surface area contributed by atoms with Crippen molar-refractivity contribution in [1.29, 1.82) is 0 Å². The highest BCUT2D eigenvalue weighted by atomic mass is 15.3. The molecule has 136 valence electrons. The van der Waals surface area contributed by atoms with E-state index >= 15 is 0 Å². The van der Waals surface area contributed by atoms with Crippen LogP contribution < -0.4 is 16.0 Å². The van der Waals surface area contributed by atoms with Crippen molar-refractivity contribution in [3.63, 3.8) is 0 Å². The summed E-state index contributed by atoms with van der Waals surface area (Å²) in [6, 6.07) is 4.35. The van der Waals surface area contributed by atoms with Gasteiger partial charge in [-0.05, 0) is 25.0 Å². The highest BCUT2D eigenvalue weighted by molar-refractivity contribution is 5.90. The monoisotopic (exact) mass is 352 g/mol. The number of fused-ring (bicyclic) bond motifs is 1. The quantitative estimate of drug-likeness (QED) is 0.626. The van der Waals surface area contributed by atoms with Gasteiger partial charge in [0, 0.05) is 26.3 Å². The van der Waals surface area contributed by atoms with E-state index < -0.39 is 0 Å². The first kappa shape index (κ1) is 16.7. The second kappa shape index (κ2) is 6.87. The number of hydrogen-bond acceptors (Lipinski definition) is 7. The molecular formula is C18H24N8. The summed E-state index contributed by atoms with van der Waals surface area (Å²) in [4.78, 5) is 13.9. The van der Waals surface area contributed by atoms with Crippen molar-refractivity contribution in [1.82, 2.24) is 30.0 Å². The van der Waals surface area contributed by atoms with Crippen LogP contribution in [0.2, 0.25) is 0 Å². The molecule has 0 aromatic carbocycles. The van der Waals surface area contributed by atoms with Gasteiger partial charge in [0.2, 0.25) is 5.95 Å². The van der Waals surface area contributed by atoms with E-state index in [1.807, 2.05) is 37.0 Å². The standard InChI is InChI=1S/C18H24N8/c1-4-5-13-15-16(26(3)25-13)17(22-14-7-6-11(2)8-20-14)24-18(23-15)21-12-9-19-10-12/h6-8,12,19H,4-5,9-10H2,1-3H3,(H2,20,21,22,23,24). The lowest BCUT2D eigenvalue weighted by molar-refractivity contribution is 0.470. The Kier molecular flexibility index (Phi) is 4.42. The number of nitrogens with one attached hydrogen (secondary N) is 3. The van der Waals surface area contributed by atoms with Crippen LogP contribution in [0.1, 0.15) is 24.6 Å². The molecule has 3 N–H and O–H groups in total. The van der Waals surface area contributed by atoms with Crippen molar-refractivity contribution in [2.45, 2.75) is 32.7 Å². The summed E-state index contributed by atoms with van der Waals surface area (Å²) >= 11 is 0. The zero-order chi connectivity index (χ0) is 18.1. The van der Waals surface area contributed by atoms with Gasteiger partial charge in [-0.25, -0.2) is 9.97 Å². The Morgan fingerprint density at radius 3 is 2.77 bits per heavy atom. The van der Waals surface area contributed by atoms with Gasteiger partial charge in [0.15, 0.2) is 5.82 Å². The van der Waals surface area contributed by atoms with Crippen LogP contribution in [0.5, 0.6) is 0 Å². The maximum Gasteiger partial charge on any atom is 0.225 e. The molecule has 0 spiro atoms. The topological polar surface area (TPSA) is 92.6 Å². The number of pyridine rings is 1. The highest BCUT2D eigenvalue weighted by Gasteiger charge is 2.21. The first-order chi connectivity index (χ1) is 12.6. The van der Waals surface area contributed by atoms with Crippen LogP contribution in [0, 0.1) is 6.92 Å².